The highest BCUT2D eigenvalue weighted by Gasteiger charge is 2.13. The summed E-state index contributed by atoms with van der Waals surface area (Å²) < 4.78 is 27.4. The van der Waals surface area contributed by atoms with Crippen molar-refractivity contribution in [1.82, 2.24) is 10.0 Å². The van der Waals surface area contributed by atoms with E-state index in [1.165, 1.54) is 0 Å². The second-order valence-electron chi connectivity index (χ2n) is 5.82. The molecule has 26 heavy (non-hydrogen) atoms. The highest BCUT2D eigenvalue weighted by molar-refractivity contribution is 7.89. The Labute approximate surface area is 159 Å². The van der Waals surface area contributed by atoms with E-state index in [-0.39, 0.29) is 17.3 Å². The number of aryl methyl sites for hydroxylation is 1. The zero-order valence-corrected chi connectivity index (χ0v) is 16.2. The lowest BCUT2D eigenvalue weighted by Gasteiger charge is -2.09. The van der Waals surface area contributed by atoms with Crippen molar-refractivity contribution in [1.29, 1.82) is 0 Å². The highest BCUT2D eigenvalue weighted by Crippen LogP contribution is 2.13. The number of hydrogen-bond donors (Lipinski definition) is 2. The number of carbonyl (C=O) groups is 1. The van der Waals surface area contributed by atoms with Gasteiger partial charge in [-0.25, -0.2) is 13.1 Å². The SMILES string of the molecule is CCNC(=O)c1ccc(CNS(=O)(=O)c2ccc(CCCCl)cc2)cc1. The van der Waals surface area contributed by atoms with Crippen molar-refractivity contribution in [3.05, 3.63) is 65.2 Å². The van der Waals surface area contributed by atoms with Crippen LogP contribution in [-0.2, 0) is 23.0 Å². The summed E-state index contributed by atoms with van der Waals surface area (Å²) in [4.78, 5) is 11.9. The van der Waals surface area contributed by atoms with Gasteiger partial charge < -0.3 is 5.32 Å². The summed E-state index contributed by atoms with van der Waals surface area (Å²) in [6, 6.07) is 13.7. The summed E-state index contributed by atoms with van der Waals surface area (Å²) in [5.41, 5.74) is 2.39. The first-order chi connectivity index (χ1) is 12.5. The van der Waals surface area contributed by atoms with Crippen LogP contribution in [0.1, 0.15) is 34.8 Å². The normalized spacial score (nSPS) is 11.3. The smallest absolute Gasteiger partial charge is 0.251 e. The molecule has 0 atom stereocenters. The van der Waals surface area contributed by atoms with Gasteiger partial charge in [0.15, 0.2) is 0 Å². The predicted molar refractivity (Wildman–Crippen MR) is 104 cm³/mol. The number of rotatable bonds is 9. The summed E-state index contributed by atoms with van der Waals surface area (Å²) in [7, 11) is -3.59. The average Bonchev–Trinajstić information content (AvgIpc) is 2.66. The Hall–Kier alpha value is -1.89. The molecule has 0 heterocycles. The summed E-state index contributed by atoms with van der Waals surface area (Å²) in [5, 5.41) is 2.72. The molecule has 0 aliphatic carbocycles. The lowest BCUT2D eigenvalue weighted by molar-refractivity contribution is 0.0956. The molecule has 0 saturated heterocycles. The van der Waals surface area contributed by atoms with Gasteiger partial charge in [0.1, 0.15) is 0 Å². The van der Waals surface area contributed by atoms with Crippen LogP contribution in [0.4, 0.5) is 0 Å². The number of halogens is 1. The summed E-state index contributed by atoms with van der Waals surface area (Å²) in [6.07, 6.45) is 1.69. The zero-order valence-electron chi connectivity index (χ0n) is 14.7. The molecule has 0 aromatic heterocycles. The predicted octanol–water partition coefficient (Wildman–Crippen LogP) is 3.09. The number of nitrogens with one attached hydrogen (secondary N) is 2. The van der Waals surface area contributed by atoms with Crippen molar-refractivity contribution in [3.8, 4) is 0 Å². The maximum Gasteiger partial charge on any atom is 0.251 e. The minimum absolute atomic E-state index is 0.145. The molecular weight excluding hydrogens is 372 g/mol. The molecule has 0 unspecified atom stereocenters. The van der Waals surface area contributed by atoms with E-state index >= 15 is 0 Å². The minimum atomic E-state index is -3.59. The molecule has 0 saturated carbocycles. The lowest BCUT2D eigenvalue weighted by Crippen LogP contribution is -2.24. The Morgan fingerprint density at radius 2 is 1.62 bits per heavy atom. The van der Waals surface area contributed by atoms with Gasteiger partial charge in [0, 0.05) is 24.5 Å². The maximum atomic E-state index is 12.4. The maximum absolute atomic E-state index is 12.4. The highest BCUT2D eigenvalue weighted by atomic mass is 35.5. The molecule has 0 radical (unpaired) electrons. The lowest BCUT2D eigenvalue weighted by atomic mass is 10.1. The molecule has 2 rings (SSSR count). The van der Waals surface area contributed by atoms with Crippen LogP contribution in [-0.4, -0.2) is 26.7 Å². The van der Waals surface area contributed by atoms with Gasteiger partial charge in [-0.2, -0.15) is 0 Å². The Bertz CT molecular complexity index is 819. The largest absolute Gasteiger partial charge is 0.352 e. The van der Waals surface area contributed by atoms with Gasteiger partial charge in [0.05, 0.1) is 4.90 Å². The van der Waals surface area contributed by atoms with Crippen LogP contribution >= 0.6 is 11.6 Å². The summed E-state index contributed by atoms with van der Waals surface area (Å²) >= 11 is 5.67. The molecule has 2 aromatic rings. The fourth-order valence-electron chi connectivity index (χ4n) is 2.40. The first-order valence-electron chi connectivity index (χ1n) is 8.48. The second kappa shape index (κ2) is 9.71. The molecular formula is C19H23ClN2O3S. The van der Waals surface area contributed by atoms with Crippen LogP contribution in [0.5, 0.6) is 0 Å². The van der Waals surface area contributed by atoms with Crippen molar-refractivity contribution < 1.29 is 13.2 Å². The Balaban J connectivity index is 1.98. The van der Waals surface area contributed by atoms with Gasteiger partial charge in [0.25, 0.3) is 5.91 Å². The van der Waals surface area contributed by atoms with Gasteiger partial charge in [-0.1, -0.05) is 24.3 Å². The topological polar surface area (TPSA) is 75.3 Å². The van der Waals surface area contributed by atoms with Gasteiger partial charge in [-0.15, -0.1) is 11.6 Å². The molecule has 0 fully saturated rings. The van der Waals surface area contributed by atoms with E-state index < -0.39 is 10.0 Å². The van der Waals surface area contributed by atoms with Crippen molar-refractivity contribution in [2.45, 2.75) is 31.2 Å². The molecule has 0 aliphatic heterocycles. The van der Waals surface area contributed by atoms with Crippen LogP contribution in [0.2, 0.25) is 0 Å². The van der Waals surface area contributed by atoms with E-state index in [9.17, 15) is 13.2 Å². The average molecular weight is 395 g/mol. The zero-order chi connectivity index (χ0) is 19.0. The van der Waals surface area contributed by atoms with Crippen LogP contribution < -0.4 is 10.0 Å². The third kappa shape index (κ3) is 5.83. The third-order valence-electron chi connectivity index (χ3n) is 3.85. The van der Waals surface area contributed by atoms with E-state index in [4.69, 9.17) is 11.6 Å². The molecule has 0 aliphatic rings. The molecule has 140 valence electrons. The Morgan fingerprint density at radius 1 is 1.00 bits per heavy atom. The number of carbonyl (C=O) groups excluding carboxylic acids is 1. The molecule has 2 N–H and O–H groups in total. The Morgan fingerprint density at radius 3 is 2.19 bits per heavy atom. The fraction of sp³-hybridized carbons (Fsp3) is 0.316. The first kappa shape index (κ1) is 20.4. The molecule has 0 bridgehead atoms. The number of sulfonamides is 1. The van der Waals surface area contributed by atoms with E-state index in [2.05, 4.69) is 10.0 Å². The number of hydrogen-bond acceptors (Lipinski definition) is 3. The summed E-state index contributed by atoms with van der Waals surface area (Å²) in [6.45, 7) is 2.57. The first-order valence-corrected chi connectivity index (χ1v) is 10.5. The molecule has 0 spiro atoms. The van der Waals surface area contributed by atoms with Crippen LogP contribution in [0, 0.1) is 0 Å². The Kier molecular flexibility index (Phi) is 7.63. The van der Waals surface area contributed by atoms with E-state index in [0.29, 0.717) is 18.0 Å². The van der Waals surface area contributed by atoms with Gasteiger partial charge in [0.2, 0.25) is 10.0 Å². The van der Waals surface area contributed by atoms with Crippen molar-refractivity contribution in [2.75, 3.05) is 12.4 Å². The quantitative estimate of drug-likeness (QED) is 0.642. The van der Waals surface area contributed by atoms with Crippen molar-refractivity contribution >= 4 is 27.5 Å². The third-order valence-corrected chi connectivity index (χ3v) is 5.54. The summed E-state index contributed by atoms with van der Waals surface area (Å²) in [5.74, 6) is 0.439. The second-order valence-corrected chi connectivity index (χ2v) is 7.96. The van der Waals surface area contributed by atoms with Crippen LogP contribution in [0.3, 0.4) is 0 Å². The van der Waals surface area contributed by atoms with E-state index in [1.807, 2.05) is 19.1 Å². The van der Waals surface area contributed by atoms with Gasteiger partial charge in [-0.3, -0.25) is 4.79 Å². The molecule has 7 heteroatoms. The fourth-order valence-corrected chi connectivity index (χ4v) is 3.56. The van der Waals surface area contributed by atoms with Crippen molar-refractivity contribution in [2.24, 2.45) is 0 Å². The molecule has 5 nitrogen and oxygen atoms in total. The minimum Gasteiger partial charge on any atom is -0.352 e. The monoisotopic (exact) mass is 394 g/mol. The van der Waals surface area contributed by atoms with E-state index in [1.54, 1.807) is 36.4 Å². The number of benzene rings is 2. The molecule has 1 amide bonds. The van der Waals surface area contributed by atoms with Crippen LogP contribution in [0.25, 0.3) is 0 Å². The van der Waals surface area contributed by atoms with Crippen LogP contribution in [0.15, 0.2) is 53.4 Å². The van der Waals surface area contributed by atoms with Gasteiger partial charge >= 0.3 is 0 Å². The standard InChI is InChI=1S/C19H23ClN2O3S/c1-2-21-19(23)17-9-5-16(6-10-17)14-22-26(24,25)18-11-7-15(8-12-18)4-3-13-20/h5-12,22H,2-4,13-14H2,1H3,(H,21,23). The van der Waals surface area contributed by atoms with Crippen molar-refractivity contribution in [3.63, 3.8) is 0 Å². The number of alkyl halides is 1. The van der Waals surface area contributed by atoms with Gasteiger partial charge in [-0.05, 0) is 55.2 Å². The molecule has 2 aromatic carbocycles. The number of amides is 1. The van der Waals surface area contributed by atoms with E-state index in [0.717, 1.165) is 24.0 Å².